The molecule has 1 aliphatic heterocycles. The summed E-state index contributed by atoms with van der Waals surface area (Å²) in [5.41, 5.74) is 1.41. The molecule has 0 radical (unpaired) electrons. The first kappa shape index (κ1) is 10.8. The first-order valence-electron chi connectivity index (χ1n) is 4.79. The normalized spacial score (nSPS) is 18.5. The first-order valence-corrected chi connectivity index (χ1v) is 5.20. The van der Waals surface area contributed by atoms with Gasteiger partial charge in [-0.15, -0.1) is 0 Å². The van der Waals surface area contributed by atoms with E-state index in [0.717, 1.165) is 5.69 Å². The van der Waals surface area contributed by atoms with Crippen LogP contribution in [0.2, 0.25) is 0 Å². The van der Waals surface area contributed by atoms with Crippen LogP contribution in [0.3, 0.4) is 0 Å². The molecule has 1 amide bonds. The molecule has 0 fully saturated rings. The standard InChI is InChI=1S/C11H10N2O2S/c1-7-11(14)13(2)9-4-3-8(12-6-16)5-10(9)15-7/h3-5,7H,1-2H3. The van der Waals surface area contributed by atoms with E-state index >= 15 is 0 Å². The number of ether oxygens (including phenoxy) is 1. The molecule has 0 N–H and O–H groups in total. The van der Waals surface area contributed by atoms with Crippen LogP contribution in [0.1, 0.15) is 6.92 Å². The van der Waals surface area contributed by atoms with E-state index in [2.05, 4.69) is 22.4 Å². The fraction of sp³-hybridized carbons (Fsp3) is 0.273. The molecule has 1 atom stereocenters. The van der Waals surface area contributed by atoms with E-state index in [0.29, 0.717) is 11.4 Å². The number of anilines is 1. The summed E-state index contributed by atoms with van der Waals surface area (Å²) in [6.07, 6.45) is -0.468. The molecule has 0 aliphatic carbocycles. The van der Waals surface area contributed by atoms with Crippen LogP contribution >= 0.6 is 12.2 Å². The Labute approximate surface area is 98.5 Å². The predicted octanol–water partition coefficient (Wildman–Crippen LogP) is 2.16. The smallest absolute Gasteiger partial charge is 0.267 e. The zero-order valence-corrected chi connectivity index (χ0v) is 9.75. The molecule has 16 heavy (non-hydrogen) atoms. The minimum atomic E-state index is -0.468. The van der Waals surface area contributed by atoms with E-state index in [1.807, 2.05) is 0 Å². The van der Waals surface area contributed by atoms with Gasteiger partial charge in [0.1, 0.15) is 5.75 Å². The summed E-state index contributed by atoms with van der Waals surface area (Å²) < 4.78 is 5.49. The van der Waals surface area contributed by atoms with Gasteiger partial charge in [-0.25, -0.2) is 0 Å². The summed E-state index contributed by atoms with van der Waals surface area (Å²) in [5, 5.41) is 2.29. The van der Waals surface area contributed by atoms with Gasteiger partial charge in [0, 0.05) is 13.1 Å². The Morgan fingerprint density at radius 2 is 2.31 bits per heavy atom. The van der Waals surface area contributed by atoms with Gasteiger partial charge in [-0.2, -0.15) is 4.99 Å². The van der Waals surface area contributed by atoms with Gasteiger partial charge >= 0.3 is 0 Å². The molecule has 1 unspecified atom stereocenters. The molecule has 0 aromatic heterocycles. The molecule has 2 rings (SSSR count). The molecule has 1 aromatic carbocycles. The Morgan fingerprint density at radius 1 is 1.56 bits per heavy atom. The van der Waals surface area contributed by atoms with Crippen LogP contribution in [0.5, 0.6) is 5.75 Å². The van der Waals surface area contributed by atoms with Crippen LogP contribution in [0.15, 0.2) is 23.2 Å². The molecule has 0 spiro atoms. The number of benzene rings is 1. The van der Waals surface area contributed by atoms with Crippen molar-refractivity contribution in [1.82, 2.24) is 0 Å². The SMILES string of the molecule is CC1Oc2cc(N=C=S)ccc2N(C)C1=O. The van der Waals surface area contributed by atoms with Crippen molar-refractivity contribution in [3.63, 3.8) is 0 Å². The monoisotopic (exact) mass is 234 g/mol. The number of amides is 1. The maximum absolute atomic E-state index is 11.6. The summed E-state index contributed by atoms with van der Waals surface area (Å²) in [7, 11) is 1.72. The summed E-state index contributed by atoms with van der Waals surface area (Å²) in [6.45, 7) is 1.72. The van der Waals surface area contributed by atoms with Crippen molar-refractivity contribution in [2.45, 2.75) is 13.0 Å². The summed E-state index contributed by atoms with van der Waals surface area (Å²) >= 11 is 4.53. The van der Waals surface area contributed by atoms with Gasteiger partial charge in [-0.3, -0.25) is 4.79 Å². The highest BCUT2D eigenvalue weighted by molar-refractivity contribution is 7.78. The summed E-state index contributed by atoms with van der Waals surface area (Å²) in [5.74, 6) is 0.583. The van der Waals surface area contributed by atoms with E-state index in [9.17, 15) is 4.79 Å². The zero-order valence-electron chi connectivity index (χ0n) is 8.93. The first-order chi connectivity index (χ1) is 7.63. The fourth-order valence-corrected chi connectivity index (χ4v) is 1.73. The van der Waals surface area contributed by atoms with Gasteiger partial charge in [0.05, 0.1) is 16.5 Å². The number of fused-ring (bicyclic) bond motifs is 1. The average molecular weight is 234 g/mol. The molecule has 82 valence electrons. The molecule has 5 heteroatoms. The Morgan fingerprint density at radius 3 is 3.00 bits per heavy atom. The quantitative estimate of drug-likeness (QED) is 0.552. The number of rotatable bonds is 1. The third-order valence-corrected chi connectivity index (χ3v) is 2.55. The Bertz CT molecular complexity index is 495. The molecule has 1 heterocycles. The number of hydrogen-bond acceptors (Lipinski definition) is 4. The zero-order chi connectivity index (χ0) is 11.7. The minimum absolute atomic E-state index is 0.0569. The maximum Gasteiger partial charge on any atom is 0.267 e. The maximum atomic E-state index is 11.6. The topological polar surface area (TPSA) is 41.9 Å². The van der Waals surface area contributed by atoms with Crippen molar-refractivity contribution in [3.8, 4) is 5.75 Å². The molecule has 1 aromatic rings. The van der Waals surface area contributed by atoms with E-state index < -0.39 is 6.10 Å². The summed E-state index contributed by atoms with van der Waals surface area (Å²) in [6, 6.07) is 5.29. The number of carbonyl (C=O) groups excluding carboxylic acids is 1. The van der Waals surface area contributed by atoms with E-state index in [4.69, 9.17) is 4.74 Å². The van der Waals surface area contributed by atoms with Crippen molar-refractivity contribution in [2.24, 2.45) is 4.99 Å². The number of carbonyl (C=O) groups is 1. The lowest BCUT2D eigenvalue weighted by molar-refractivity contribution is -0.125. The van der Waals surface area contributed by atoms with Gasteiger partial charge in [0.15, 0.2) is 6.10 Å². The van der Waals surface area contributed by atoms with E-state index in [1.54, 1.807) is 37.1 Å². The second-order valence-corrected chi connectivity index (χ2v) is 3.70. The van der Waals surface area contributed by atoms with Crippen LogP contribution in [-0.4, -0.2) is 24.2 Å². The highest BCUT2D eigenvalue weighted by Crippen LogP contribution is 2.35. The van der Waals surface area contributed by atoms with Crippen molar-refractivity contribution >= 4 is 34.7 Å². The molecule has 0 saturated carbocycles. The number of nitrogens with zero attached hydrogens (tertiary/aromatic N) is 2. The largest absolute Gasteiger partial charge is 0.479 e. The van der Waals surface area contributed by atoms with Crippen molar-refractivity contribution in [2.75, 3.05) is 11.9 Å². The minimum Gasteiger partial charge on any atom is -0.479 e. The lowest BCUT2D eigenvalue weighted by Crippen LogP contribution is -2.41. The van der Waals surface area contributed by atoms with Crippen LogP contribution in [0, 0.1) is 0 Å². The number of aliphatic imine (C=N–C) groups is 1. The van der Waals surface area contributed by atoms with Crippen molar-refractivity contribution in [1.29, 1.82) is 0 Å². The Hall–Kier alpha value is -1.71. The molecule has 1 aliphatic rings. The van der Waals surface area contributed by atoms with Gasteiger partial charge in [-0.1, -0.05) is 0 Å². The highest BCUT2D eigenvalue weighted by Gasteiger charge is 2.28. The van der Waals surface area contributed by atoms with Crippen LogP contribution in [-0.2, 0) is 4.79 Å². The second-order valence-electron chi connectivity index (χ2n) is 3.51. The predicted molar refractivity (Wildman–Crippen MR) is 64.6 cm³/mol. The molecule has 4 nitrogen and oxygen atoms in total. The molecule has 0 bridgehead atoms. The van der Waals surface area contributed by atoms with E-state index in [1.165, 1.54) is 0 Å². The van der Waals surface area contributed by atoms with Crippen LogP contribution < -0.4 is 9.64 Å². The van der Waals surface area contributed by atoms with Gasteiger partial charge in [0.2, 0.25) is 0 Å². The van der Waals surface area contributed by atoms with Gasteiger partial charge < -0.3 is 9.64 Å². The third kappa shape index (κ3) is 1.71. The summed E-state index contributed by atoms with van der Waals surface area (Å²) in [4.78, 5) is 17.1. The van der Waals surface area contributed by atoms with Crippen LogP contribution in [0.25, 0.3) is 0 Å². The third-order valence-electron chi connectivity index (χ3n) is 2.46. The van der Waals surface area contributed by atoms with Gasteiger partial charge in [-0.05, 0) is 31.3 Å². The molecular weight excluding hydrogens is 224 g/mol. The Kier molecular flexibility index (Phi) is 2.73. The lowest BCUT2D eigenvalue weighted by atomic mass is 10.2. The number of hydrogen-bond donors (Lipinski definition) is 0. The molecule has 0 saturated heterocycles. The number of thiocarbonyl (C=S) groups is 1. The number of likely N-dealkylation sites (N-methyl/N-ethyl adjacent to an activating group) is 1. The lowest BCUT2D eigenvalue weighted by Gasteiger charge is -2.30. The molecular formula is C11H10N2O2S. The average Bonchev–Trinajstić information content (AvgIpc) is 2.26. The van der Waals surface area contributed by atoms with Crippen molar-refractivity contribution < 1.29 is 9.53 Å². The van der Waals surface area contributed by atoms with E-state index in [-0.39, 0.29) is 5.91 Å². The van der Waals surface area contributed by atoms with Crippen LogP contribution in [0.4, 0.5) is 11.4 Å². The number of isothiocyanates is 1. The van der Waals surface area contributed by atoms with Crippen molar-refractivity contribution in [3.05, 3.63) is 18.2 Å². The fourth-order valence-electron chi connectivity index (χ4n) is 1.63. The Balaban J connectivity index is 2.48. The highest BCUT2D eigenvalue weighted by atomic mass is 32.1. The van der Waals surface area contributed by atoms with Gasteiger partial charge in [0.25, 0.3) is 5.91 Å². The second kappa shape index (κ2) is 4.04.